The highest BCUT2D eigenvalue weighted by Gasteiger charge is 2.27. The molecule has 0 aromatic carbocycles. The van der Waals surface area contributed by atoms with Crippen molar-refractivity contribution in [2.45, 2.75) is 204 Å². The minimum absolute atomic E-state index is 0.133. The molecule has 0 radical (unpaired) electrons. The molecule has 0 saturated heterocycles. The molecule has 0 bridgehead atoms. The van der Waals surface area contributed by atoms with Crippen molar-refractivity contribution in [3.63, 3.8) is 0 Å². The molecular formula is C46H91NO7P+. The summed E-state index contributed by atoms with van der Waals surface area (Å²) in [6.07, 6.45) is 22.0. The van der Waals surface area contributed by atoms with Crippen LogP contribution in [0, 0.1) is 47.3 Å². The van der Waals surface area contributed by atoms with E-state index in [2.05, 4.69) is 74.6 Å². The fourth-order valence-corrected chi connectivity index (χ4v) is 7.96. The number of esters is 2. The quantitative estimate of drug-likeness (QED) is 0.0374. The normalized spacial score (nSPS) is 16.1. The Bertz CT molecular complexity index is 947. The van der Waals surface area contributed by atoms with Crippen molar-refractivity contribution in [3.8, 4) is 0 Å². The van der Waals surface area contributed by atoms with Gasteiger partial charge in [-0.25, -0.2) is 0 Å². The number of carbonyl (C=O) groups excluding carboxylic acids is 2. The molecule has 326 valence electrons. The lowest BCUT2D eigenvalue weighted by molar-refractivity contribution is -0.162. The minimum Gasteiger partial charge on any atom is -0.462 e. The van der Waals surface area contributed by atoms with E-state index in [1.165, 1.54) is 89.9 Å². The first-order chi connectivity index (χ1) is 26.1. The molecule has 8 nitrogen and oxygen atoms in total. The molecule has 0 rings (SSSR count). The molecule has 0 aromatic heterocycles. The van der Waals surface area contributed by atoms with Gasteiger partial charge in [-0.2, -0.15) is 0 Å². The van der Waals surface area contributed by atoms with Gasteiger partial charge in [-0.1, -0.05) is 185 Å². The second kappa shape index (κ2) is 34.9. The largest absolute Gasteiger partial charge is 0.697 e. The van der Waals surface area contributed by atoms with E-state index in [-0.39, 0.29) is 50.0 Å². The highest BCUT2D eigenvalue weighted by Crippen LogP contribution is 2.26. The number of carbonyl (C=O) groups is 2. The van der Waals surface area contributed by atoms with E-state index in [1.807, 2.05) is 0 Å². The molecule has 0 saturated carbocycles. The number of nitrogens with one attached hydrogen (secondary N) is 1. The first kappa shape index (κ1) is 53.9. The standard InChI is InChI=1S/C46H91NO7P/c1-36(2)18-12-20-38(5)22-14-24-40(7)26-16-28-42(9)32-45(48)51-34-44(35-53-55(50)52-31-30-47-11)54-46(49)33-43(10)29-17-27-41(8)25-15-23-39(6)21-13-19-37(3)4/h36-44,47H,12-35H2,1-11H3/q+1. The Kier molecular flexibility index (Phi) is 34.2. The molecule has 0 amide bonds. The van der Waals surface area contributed by atoms with Crippen molar-refractivity contribution >= 4 is 20.2 Å². The highest BCUT2D eigenvalue weighted by atomic mass is 31.1. The van der Waals surface area contributed by atoms with Crippen LogP contribution >= 0.6 is 8.25 Å². The topological polar surface area (TPSA) is 100 Å². The Morgan fingerprint density at radius 3 is 1.24 bits per heavy atom. The smallest absolute Gasteiger partial charge is 0.462 e. The lowest BCUT2D eigenvalue weighted by Gasteiger charge is -2.19. The van der Waals surface area contributed by atoms with Gasteiger partial charge in [-0.05, 0) is 54.4 Å². The predicted molar refractivity (Wildman–Crippen MR) is 231 cm³/mol. The zero-order chi connectivity index (χ0) is 41.4. The summed E-state index contributed by atoms with van der Waals surface area (Å²) in [5.74, 6) is 4.33. The third-order valence-electron chi connectivity index (χ3n) is 11.2. The highest BCUT2D eigenvalue weighted by molar-refractivity contribution is 7.33. The third kappa shape index (κ3) is 35.8. The molecular weight excluding hydrogens is 709 g/mol. The van der Waals surface area contributed by atoms with Gasteiger partial charge in [-0.15, -0.1) is 9.05 Å². The average molecular weight is 801 g/mol. The second-order valence-corrected chi connectivity index (χ2v) is 19.6. The molecule has 0 aromatic rings. The fraction of sp³-hybridized carbons (Fsp3) is 0.957. The van der Waals surface area contributed by atoms with Gasteiger partial charge in [0, 0.05) is 24.0 Å². The van der Waals surface area contributed by atoms with E-state index < -0.39 is 14.4 Å². The summed E-state index contributed by atoms with van der Waals surface area (Å²) in [5, 5.41) is 2.92. The summed E-state index contributed by atoms with van der Waals surface area (Å²) in [7, 11) is -0.603. The number of ether oxygens (including phenoxy) is 2. The number of hydrogen-bond donors (Lipinski definition) is 1. The molecule has 0 aliphatic carbocycles. The maximum absolute atomic E-state index is 13.0. The van der Waals surface area contributed by atoms with E-state index in [1.54, 1.807) is 7.05 Å². The Morgan fingerprint density at radius 1 is 0.491 bits per heavy atom. The van der Waals surface area contributed by atoms with Gasteiger partial charge in [0.25, 0.3) is 0 Å². The molecule has 8 unspecified atom stereocenters. The van der Waals surface area contributed by atoms with Gasteiger partial charge in [0.1, 0.15) is 19.8 Å². The van der Waals surface area contributed by atoms with Crippen LogP contribution in [0.2, 0.25) is 0 Å². The summed E-state index contributed by atoms with van der Waals surface area (Å²) in [6.45, 7) is 23.4. The zero-order valence-corrected chi connectivity index (χ0v) is 38.9. The Hall–Kier alpha value is -1.08. The lowest BCUT2D eigenvalue weighted by Crippen LogP contribution is -2.30. The van der Waals surface area contributed by atoms with Crippen molar-refractivity contribution in [1.82, 2.24) is 5.32 Å². The summed E-state index contributed by atoms with van der Waals surface area (Å²) >= 11 is 0. The molecule has 0 heterocycles. The molecule has 8 atom stereocenters. The SMILES string of the molecule is CNCCO[P+](=O)OCC(COC(=O)CC(C)CCCC(C)CCCC(C)CCCC(C)C)OC(=O)CC(C)CCCC(C)CCCC(C)CCCC(C)C. The first-order valence-electron chi connectivity index (χ1n) is 22.8. The van der Waals surface area contributed by atoms with Crippen LogP contribution in [0.5, 0.6) is 0 Å². The number of hydrogen-bond acceptors (Lipinski definition) is 8. The molecule has 9 heteroatoms. The number of likely N-dealkylation sites (N-methyl/N-ethyl adjacent to an activating group) is 1. The van der Waals surface area contributed by atoms with Crippen molar-refractivity contribution in [2.24, 2.45) is 47.3 Å². The first-order valence-corrected chi connectivity index (χ1v) is 23.9. The third-order valence-corrected chi connectivity index (χ3v) is 12.0. The van der Waals surface area contributed by atoms with Crippen LogP contribution in [0.25, 0.3) is 0 Å². The predicted octanol–water partition coefficient (Wildman–Crippen LogP) is 13.3. The molecule has 1 N–H and O–H groups in total. The van der Waals surface area contributed by atoms with Crippen LogP contribution < -0.4 is 5.32 Å². The van der Waals surface area contributed by atoms with Gasteiger partial charge in [0.05, 0.1) is 0 Å². The second-order valence-electron chi connectivity index (χ2n) is 18.7. The lowest BCUT2D eigenvalue weighted by atomic mass is 9.91. The zero-order valence-electron chi connectivity index (χ0n) is 38.0. The summed E-state index contributed by atoms with van der Waals surface area (Å²) < 4.78 is 34.1. The molecule has 0 aliphatic rings. The van der Waals surface area contributed by atoms with Crippen molar-refractivity contribution in [2.75, 3.05) is 33.4 Å². The fourth-order valence-electron chi connectivity index (χ4n) is 7.36. The van der Waals surface area contributed by atoms with Gasteiger partial charge >= 0.3 is 20.2 Å². The van der Waals surface area contributed by atoms with E-state index in [9.17, 15) is 14.2 Å². The molecule has 0 aliphatic heterocycles. The van der Waals surface area contributed by atoms with E-state index in [0.717, 1.165) is 49.4 Å². The molecule has 55 heavy (non-hydrogen) atoms. The van der Waals surface area contributed by atoms with Crippen LogP contribution in [0.3, 0.4) is 0 Å². The maximum atomic E-state index is 13.0. The van der Waals surface area contributed by atoms with Gasteiger partial charge in [-0.3, -0.25) is 9.59 Å². The Morgan fingerprint density at radius 2 is 0.855 bits per heavy atom. The van der Waals surface area contributed by atoms with E-state index in [0.29, 0.717) is 24.8 Å². The molecule has 0 fully saturated rings. The summed E-state index contributed by atoms with van der Waals surface area (Å²) in [4.78, 5) is 25.8. The van der Waals surface area contributed by atoms with Crippen LogP contribution in [-0.4, -0.2) is 51.5 Å². The van der Waals surface area contributed by atoms with Crippen molar-refractivity contribution < 1.29 is 32.7 Å². The van der Waals surface area contributed by atoms with Crippen LogP contribution in [0.15, 0.2) is 0 Å². The maximum Gasteiger partial charge on any atom is 0.697 e. The van der Waals surface area contributed by atoms with Crippen molar-refractivity contribution in [1.29, 1.82) is 0 Å². The molecule has 0 spiro atoms. The summed E-state index contributed by atoms with van der Waals surface area (Å²) in [6, 6.07) is 0. The van der Waals surface area contributed by atoms with Crippen LogP contribution in [0.1, 0.15) is 198 Å². The van der Waals surface area contributed by atoms with Crippen LogP contribution in [-0.2, 0) is 32.7 Å². The van der Waals surface area contributed by atoms with Crippen LogP contribution in [0.4, 0.5) is 0 Å². The van der Waals surface area contributed by atoms with Crippen molar-refractivity contribution in [3.05, 3.63) is 0 Å². The average Bonchev–Trinajstić information content (AvgIpc) is 3.09. The van der Waals surface area contributed by atoms with E-state index >= 15 is 0 Å². The number of rotatable bonds is 38. The summed E-state index contributed by atoms with van der Waals surface area (Å²) in [5.41, 5.74) is 0. The van der Waals surface area contributed by atoms with E-state index in [4.69, 9.17) is 18.5 Å². The van der Waals surface area contributed by atoms with Gasteiger partial charge in [0.15, 0.2) is 6.10 Å². The van der Waals surface area contributed by atoms with Gasteiger partial charge < -0.3 is 14.8 Å². The van der Waals surface area contributed by atoms with Gasteiger partial charge in [0.2, 0.25) is 0 Å². The Labute approximate surface area is 341 Å². The monoisotopic (exact) mass is 801 g/mol. The minimum atomic E-state index is -2.38. The Balaban J connectivity index is 4.60.